The van der Waals surface area contributed by atoms with Crippen molar-refractivity contribution in [2.24, 2.45) is 0 Å². The van der Waals surface area contributed by atoms with Gasteiger partial charge in [0.2, 0.25) is 0 Å². The van der Waals surface area contributed by atoms with Crippen molar-refractivity contribution in [3.05, 3.63) is 41.2 Å². The summed E-state index contributed by atoms with van der Waals surface area (Å²) in [5.74, 6) is -0.0461. The van der Waals surface area contributed by atoms with Crippen LogP contribution in [0.2, 0.25) is 0 Å². The van der Waals surface area contributed by atoms with E-state index in [0.29, 0.717) is 5.57 Å². The van der Waals surface area contributed by atoms with Crippen LogP contribution in [-0.2, 0) is 4.79 Å². The van der Waals surface area contributed by atoms with Crippen molar-refractivity contribution in [3.63, 3.8) is 0 Å². The second-order valence-corrected chi connectivity index (χ2v) is 3.38. The van der Waals surface area contributed by atoms with E-state index in [1.54, 1.807) is 0 Å². The molecule has 1 N–H and O–H groups in total. The molecule has 0 heterocycles. The summed E-state index contributed by atoms with van der Waals surface area (Å²) >= 11 is 0. The molecule has 2 heteroatoms. The molecule has 14 heavy (non-hydrogen) atoms. The van der Waals surface area contributed by atoms with Gasteiger partial charge < -0.3 is 5.11 Å². The Labute approximate surface area is 83.9 Å². The molecule has 1 aromatic rings. The van der Waals surface area contributed by atoms with Crippen LogP contribution in [0.15, 0.2) is 30.0 Å². The normalized spacial score (nSPS) is 12.2. The summed E-state index contributed by atoms with van der Waals surface area (Å²) < 4.78 is 0. The fraction of sp³-hybridized carbons (Fsp3) is 0.250. The molecule has 0 amide bonds. The summed E-state index contributed by atoms with van der Waals surface area (Å²) in [4.78, 5) is 11.3. The van der Waals surface area contributed by atoms with E-state index in [0.717, 1.165) is 11.1 Å². The molecule has 0 aliphatic rings. The van der Waals surface area contributed by atoms with Crippen LogP contribution in [0.5, 0.6) is 0 Å². The highest BCUT2D eigenvalue weighted by atomic mass is 16.3. The van der Waals surface area contributed by atoms with Crippen LogP contribution in [0.25, 0.3) is 5.57 Å². The zero-order chi connectivity index (χ0) is 10.7. The highest BCUT2D eigenvalue weighted by Crippen LogP contribution is 2.18. The van der Waals surface area contributed by atoms with Crippen LogP contribution >= 0.6 is 0 Å². The second-order valence-electron chi connectivity index (χ2n) is 3.38. The topological polar surface area (TPSA) is 37.3 Å². The van der Waals surface area contributed by atoms with Gasteiger partial charge >= 0.3 is 0 Å². The third-order valence-corrected chi connectivity index (χ3v) is 2.05. The van der Waals surface area contributed by atoms with E-state index in [1.807, 2.05) is 31.2 Å². The van der Waals surface area contributed by atoms with Crippen molar-refractivity contribution in [1.29, 1.82) is 0 Å². The van der Waals surface area contributed by atoms with Crippen LogP contribution in [0.3, 0.4) is 0 Å². The molecule has 0 aliphatic carbocycles. The molecule has 1 rings (SSSR count). The van der Waals surface area contributed by atoms with Gasteiger partial charge in [0.05, 0.1) is 5.57 Å². The average Bonchev–Trinajstić information content (AvgIpc) is 2.07. The molecule has 1 aromatic carbocycles. The maximum Gasteiger partial charge on any atom is 0.163 e. The summed E-state index contributed by atoms with van der Waals surface area (Å²) in [5, 5.41) is 9.36. The van der Waals surface area contributed by atoms with Crippen LogP contribution in [-0.4, -0.2) is 10.9 Å². The van der Waals surface area contributed by atoms with Gasteiger partial charge in [-0.05, 0) is 26.3 Å². The van der Waals surface area contributed by atoms with Crippen LogP contribution in [0, 0.1) is 6.92 Å². The SMILES string of the molecule is CC(=O)/C(=C(/C)O)c1ccc(C)cc1. The largest absolute Gasteiger partial charge is 0.512 e. The number of aryl methyl sites for hydroxylation is 1. The minimum Gasteiger partial charge on any atom is -0.512 e. The molecular formula is C12H14O2. The number of aliphatic hydroxyl groups excluding tert-OH is 1. The lowest BCUT2D eigenvalue weighted by Crippen LogP contribution is -1.99. The van der Waals surface area contributed by atoms with Gasteiger partial charge in [-0.15, -0.1) is 0 Å². The molecule has 0 spiro atoms. The third-order valence-electron chi connectivity index (χ3n) is 2.05. The third kappa shape index (κ3) is 2.22. The Morgan fingerprint density at radius 3 is 2.00 bits per heavy atom. The highest BCUT2D eigenvalue weighted by molar-refractivity contribution is 6.20. The Morgan fingerprint density at radius 1 is 1.14 bits per heavy atom. The average molecular weight is 190 g/mol. The van der Waals surface area contributed by atoms with Crippen LogP contribution in [0.1, 0.15) is 25.0 Å². The number of allylic oxidation sites excluding steroid dienone is 2. The fourth-order valence-electron chi connectivity index (χ4n) is 1.39. The summed E-state index contributed by atoms with van der Waals surface area (Å²) in [6, 6.07) is 7.51. The summed E-state index contributed by atoms with van der Waals surface area (Å²) in [7, 11) is 0. The zero-order valence-corrected chi connectivity index (χ0v) is 8.66. The van der Waals surface area contributed by atoms with Gasteiger partial charge in [-0.3, -0.25) is 4.79 Å². The van der Waals surface area contributed by atoms with Gasteiger partial charge in [-0.2, -0.15) is 0 Å². The number of carbonyl (C=O) groups excluding carboxylic acids is 1. The number of ketones is 1. The molecule has 0 aliphatic heterocycles. The van der Waals surface area contributed by atoms with E-state index in [1.165, 1.54) is 13.8 Å². The first-order valence-electron chi connectivity index (χ1n) is 4.50. The Bertz CT molecular complexity index is 368. The maximum atomic E-state index is 11.3. The van der Waals surface area contributed by atoms with E-state index in [-0.39, 0.29) is 11.5 Å². The number of rotatable bonds is 2. The zero-order valence-electron chi connectivity index (χ0n) is 8.66. The number of Topliss-reactive ketones (excluding diaryl/α,β-unsaturated/α-hetero) is 1. The highest BCUT2D eigenvalue weighted by Gasteiger charge is 2.10. The number of aliphatic hydroxyl groups is 1. The standard InChI is InChI=1S/C12H14O2/c1-8-4-6-11(7-5-8)12(9(2)13)10(3)14/h4-7,13H,1-3H3/b12-9+. The maximum absolute atomic E-state index is 11.3. The Kier molecular flexibility index (Phi) is 3.07. The minimum atomic E-state index is -0.117. The lowest BCUT2D eigenvalue weighted by molar-refractivity contribution is -0.111. The first kappa shape index (κ1) is 10.5. The van der Waals surface area contributed by atoms with Crippen molar-refractivity contribution in [2.75, 3.05) is 0 Å². The smallest absolute Gasteiger partial charge is 0.163 e. The molecule has 0 saturated carbocycles. The first-order chi connectivity index (χ1) is 6.52. The molecule has 0 saturated heterocycles. The van der Waals surface area contributed by atoms with E-state index in [4.69, 9.17) is 0 Å². The van der Waals surface area contributed by atoms with Gasteiger partial charge in [-0.25, -0.2) is 0 Å². The molecule has 0 radical (unpaired) electrons. The predicted octanol–water partition coefficient (Wildman–Crippen LogP) is 2.87. The molecule has 0 unspecified atom stereocenters. The van der Waals surface area contributed by atoms with Crippen LogP contribution < -0.4 is 0 Å². The minimum absolute atomic E-state index is 0.0707. The van der Waals surface area contributed by atoms with Crippen molar-refractivity contribution in [2.45, 2.75) is 20.8 Å². The molecular weight excluding hydrogens is 176 g/mol. The molecule has 2 nitrogen and oxygen atoms in total. The van der Waals surface area contributed by atoms with E-state index < -0.39 is 0 Å². The van der Waals surface area contributed by atoms with E-state index >= 15 is 0 Å². The van der Waals surface area contributed by atoms with Crippen LogP contribution in [0.4, 0.5) is 0 Å². The van der Waals surface area contributed by atoms with Crippen molar-refractivity contribution in [1.82, 2.24) is 0 Å². The quantitative estimate of drug-likeness (QED) is 0.575. The molecule has 0 fully saturated rings. The van der Waals surface area contributed by atoms with Gasteiger partial charge in [-0.1, -0.05) is 29.8 Å². The first-order valence-corrected chi connectivity index (χ1v) is 4.50. The molecule has 0 aromatic heterocycles. The molecule has 0 bridgehead atoms. The lowest BCUT2D eigenvalue weighted by atomic mass is 10.0. The van der Waals surface area contributed by atoms with E-state index in [9.17, 15) is 9.90 Å². The van der Waals surface area contributed by atoms with E-state index in [2.05, 4.69) is 0 Å². The monoisotopic (exact) mass is 190 g/mol. The lowest BCUT2D eigenvalue weighted by Gasteiger charge is -2.05. The van der Waals surface area contributed by atoms with Gasteiger partial charge in [0.1, 0.15) is 5.76 Å². The van der Waals surface area contributed by atoms with Gasteiger partial charge in [0, 0.05) is 0 Å². The van der Waals surface area contributed by atoms with Crippen molar-refractivity contribution in [3.8, 4) is 0 Å². The second kappa shape index (κ2) is 4.09. The number of benzene rings is 1. The summed E-state index contributed by atoms with van der Waals surface area (Å²) in [6.07, 6.45) is 0. The molecule has 0 atom stereocenters. The Morgan fingerprint density at radius 2 is 1.64 bits per heavy atom. The summed E-state index contributed by atoms with van der Waals surface area (Å²) in [5.41, 5.74) is 2.29. The van der Waals surface area contributed by atoms with Crippen molar-refractivity contribution >= 4 is 11.4 Å². The Hall–Kier alpha value is -1.57. The van der Waals surface area contributed by atoms with Crippen molar-refractivity contribution < 1.29 is 9.90 Å². The fourth-order valence-corrected chi connectivity index (χ4v) is 1.39. The molecule has 74 valence electrons. The summed E-state index contributed by atoms with van der Waals surface area (Å²) in [6.45, 7) is 4.96. The number of carbonyl (C=O) groups is 1. The number of hydrogen-bond donors (Lipinski definition) is 1. The number of hydrogen-bond acceptors (Lipinski definition) is 2. The van der Waals surface area contributed by atoms with Gasteiger partial charge in [0.25, 0.3) is 0 Å². The van der Waals surface area contributed by atoms with Gasteiger partial charge in [0.15, 0.2) is 5.78 Å². The predicted molar refractivity (Wildman–Crippen MR) is 57.1 cm³/mol. The Balaban J connectivity index is 3.21.